The van der Waals surface area contributed by atoms with Crippen LogP contribution in [0.3, 0.4) is 0 Å². The molecule has 0 radical (unpaired) electrons. The number of carbonyl (C=O) groups excluding carboxylic acids is 1. The van der Waals surface area contributed by atoms with E-state index in [0.29, 0.717) is 17.9 Å². The zero-order valence-corrected chi connectivity index (χ0v) is 18.6. The van der Waals surface area contributed by atoms with Gasteiger partial charge in [-0.2, -0.15) is 0 Å². The van der Waals surface area contributed by atoms with Gasteiger partial charge in [0.05, 0.1) is 16.6 Å². The van der Waals surface area contributed by atoms with Crippen molar-refractivity contribution in [3.05, 3.63) is 90.0 Å². The Hall–Kier alpha value is -3.32. The van der Waals surface area contributed by atoms with Crippen LogP contribution in [0.15, 0.2) is 83.8 Å². The third-order valence-corrected chi connectivity index (χ3v) is 6.59. The number of amides is 1. The van der Waals surface area contributed by atoms with Crippen LogP contribution in [0.1, 0.15) is 22.8 Å². The highest BCUT2D eigenvalue weighted by Crippen LogP contribution is 2.22. The summed E-state index contributed by atoms with van der Waals surface area (Å²) in [4.78, 5) is 12.7. The van der Waals surface area contributed by atoms with Crippen molar-refractivity contribution < 1.29 is 17.9 Å². The average Bonchev–Trinajstić information content (AvgIpc) is 2.79. The number of benzene rings is 3. The lowest BCUT2D eigenvalue weighted by Gasteiger charge is -2.20. The Balaban J connectivity index is 1.60. The van der Waals surface area contributed by atoms with Crippen molar-refractivity contribution in [3.8, 4) is 5.75 Å². The normalized spacial score (nSPS) is 12.1. The number of anilines is 1. The largest absolute Gasteiger partial charge is 0.491 e. The smallest absolute Gasteiger partial charge is 0.264 e. The van der Waals surface area contributed by atoms with Crippen molar-refractivity contribution in [3.63, 3.8) is 0 Å². The van der Waals surface area contributed by atoms with Gasteiger partial charge in [0.1, 0.15) is 12.4 Å². The molecular weight excluding hydrogens is 412 g/mol. The topological polar surface area (TPSA) is 75.7 Å². The zero-order valence-electron chi connectivity index (χ0n) is 17.8. The quantitative estimate of drug-likeness (QED) is 0.576. The summed E-state index contributed by atoms with van der Waals surface area (Å²) in [7, 11) is -2.18. The molecule has 0 aliphatic heterocycles. The van der Waals surface area contributed by atoms with E-state index in [0.717, 1.165) is 11.3 Å². The minimum atomic E-state index is -3.66. The van der Waals surface area contributed by atoms with Crippen molar-refractivity contribution in [1.29, 1.82) is 0 Å². The lowest BCUT2D eigenvalue weighted by atomic mass is 10.2. The Morgan fingerprint density at radius 1 is 0.968 bits per heavy atom. The predicted octanol–water partition coefficient (Wildman–Crippen LogP) is 4.02. The molecule has 0 fully saturated rings. The summed E-state index contributed by atoms with van der Waals surface area (Å²) in [6, 6.07) is 22.2. The molecule has 1 N–H and O–H groups in total. The highest BCUT2D eigenvalue weighted by molar-refractivity contribution is 7.92. The first-order valence-electron chi connectivity index (χ1n) is 9.92. The minimum absolute atomic E-state index is 0.199. The van der Waals surface area contributed by atoms with Gasteiger partial charge in [-0.05, 0) is 62.4 Å². The Morgan fingerprint density at radius 3 is 2.19 bits per heavy atom. The first-order chi connectivity index (χ1) is 14.8. The number of rotatable bonds is 8. The number of sulfonamides is 1. The predicted molar refractivity (Wildman–Crippen MR) is 122 cm³/mol. The SMILES string of the molecule is Cc1ccc(OC[C@H](C)NC(=O)c2ccc(N(C)S(=O)(=O)c3ccccc3)cc2)cc1. The number of hydrogen-bond donors (Lipinski definition) is 1. The molecule has 0 aliphatic rings. The van der Waals surface area contributed by atoms with Gasteiger partial charge in [-0.25, -0.2) is 8.42 Å². The molecule has 162 valence electrons. The van der Waals surface area contributed by atoms with Gasteiger partial charge in [-0.15, -0.1) is 0 Å². The number of hydrogen-bond acceptors (Lipinski definition) is 4. The fourth-order valence-electron chi connectivity index (χ4n) is 2.92. The fraction of sp³-hybridized carbons (Fsp3) is 0.208. The van der Waals surface area contributed by atoms with Crippen molar-refractivity contribution in [2.45, 2.75) is 24.8 Å². The maximum Gasteiger partial charge on any atom is 0.264 e. The van der Waals surface area contributed by atoms with Crippen LogP contribution in [0, 0.1) is 6.92 Å². The third kappa shape index (κ3) is 5.64. The molecule has 3 aromatic rings. The van der Waals surface area contributed by atoms with Crippen LogP contribution >= 0.6 is 0 Å². The first kappa shape index (κ1) is 22.4. The van der Waals surface area contributed by atoms with Crippen LogP contribution in [0.25, 0.3) is 0 Å². The number of nitrogens with zero attached hydrogens (tertiary/aromatic N) is 1. The van der Waals surface area contributed by atoms with Gasteiger partial charge in [0.25, 0.3) is 15.9 Å². The summed E-state index contributed by atoms with van der Waals surface area (Å²) >= 11 is 0. The number of carbonyl (C=O) groups is 1. The summed E-state index contributed by atoms with van der Waals surface area (Å²) in [5.41, 5.74) is 2.06. The maximum absolute atomic E-state index is 12.7. The van der Waals surface area contributed by atoms with Gasteiger partial charge in [0.2, 0.25) is 0 Å². The molecule has 0 unspecified atom stereocenters. The maximum atomic E-state index is 12.7. The minimum Gasteiger partial charge on any atom is -0.491 e. The molecule has 6 nitrogen and oxygen atoms in total. The van der Waals surface area contributed by atoms with Crippen molar-refractivity contribution >= 4 is 21.6 Å². The van der Waals surface area contributed by atoms with Crippen molar-refractivity contribution in [1.82, 2.24) is 5.32 Å². The van der Waals surface area contributed by atoms with E-state index in [1.165, 1.54) is 11.4 Å². The molecule has 0 spiro atoms. The average molecular weight is 439 g/mol. The molecule has 0 aromatic heterocycles. The molecule has 0 heterocycles. The van der Waals surface area contributed by atoms with Crippen LogP contribution in [-0.4, -0.2) is 34.0 Å². The monoisotopic (exact) mass is 438 g/mol. The van der Waals surface area contributed by atoms with Gasteiger partial charge >= 0.3 is 0 Å². The van der Waals surface area contributed by atoms with Gasteiger partial charge in [-0.1, -0.05) is 35.9 Å². The van der Waals surface area contributed by atoms with Crippen molar-refractivity contribution in [2.24, 2.45) is 0 Å². The number of aryl methyl sites for hydroxylation is 1. The summed E-state index contributed by atoms with van der Waals surface area (Å²) in [5.74, 6) is 0.499. The van der Waals surface area contributed by atoms with Crippen LogP contribution in [-0.2, 0) is 10.0 Å². The van der Waals surface area contributed by atoms with Crippen LogP contribution in [0.4, 0.5) is 5.69 Å². The Kier molecular flexibility index (Phi) is 6.97. The van der Waals surface area contributed by atoms with Gasteiger partial charge in [0.15, 0.2) is 0 Å². The van der Waals surface area contributed by atoms with Gasteiger partial charge in [-0.3, -0.25) is 9.10 Å². The van der Waals surface area contributed by atoms with E-state index in [2.05, 4.69) is 5.32 Å². The van der Waals surface area contributed by atoms with E-state index < -0.39 is 10.0 Å². The Labute approximate surface area is 183 Å². The molecule has 0 saturated carbocycles. The molecule has 3 rings (SSSR count). The lowest BCUT2D eigenvalue weighted by molar-refractivity contribution is 0.0926. The Bertz CT molecular complexity index is 1110. The summed E-state index contributed by atoms with van der Waals surface area (Å²) in [6.45, 7) is 4.21. The molecule has 0 aliphatic carbocycles. The standard InChI is InChI=1S/C24H26N2O4S/c1-18-9-15-22(16-10-18)30-17-19(2)25-24(27)20-11-13-21(14-12-20)26(3)31(28,29)23-7-5-4-6-8-23/h4-16,19H,17H2,1-3H3,(H,25,27)/t19-/m0/s1. The molecule has 0 saturated heterocycles. The van der Waals surface area contributed by atoms with Crippen molar-refractivity contribution in [2.75, 3.05) is 18.0 Å². The molecule has 1 amide bonds. The second-order valence-electron chi connectivity index (χ2n) is 7.33. The molecule has 0 bridgehead atoms. The third-order valence-electron chi connectivity index (χ3n) is 4.79. The fourth-order valence-corrected chi connectivity index (χ4v) is 4.13. The zero-order chi connectivity index (χ0) is 22.4. The summed E-state index contributed by atoms with van der Waals surface area (Å²) < 4.78 is 32.4. The van der Waals surface area contributed by atoms with Crippen LogP contribution in [0.2, 0.25) is 0 Å². The molecule has 7 heteroatoms. The lowest BCUT2D eigenvalue weighted by Crippen LogP contribution is -2.36. The molecular formula is C24H26N2O4S. The van der Waals surface area contributed by atoms with E-state index in [-0.39, 0.29) is 16.8 Å². The first-order valence-corrected chi connectivity index (χ1v) is 11.4. The summed E-state index contributed by atoms with van der Waals surface area (Å²) in [6.07, 6.45) is 0. The van der Waals surface area contributed by atoms with E-state index in [4.69, 9.17) is 4.74 Å². The summed E-state index contributed by atoms with van der Waals surface area (Å²) in [5, 5.41) is 2.89. The molecule has 3 aromatic carbocycles. The molecule has 31 heavy (non-hydrogen) atoms. The number of nitrogens with one attached hydrogen (secondary N) is 1. The highest BCUT2D eigenvalue weighted by Gasteiger charge is 2.21. The van der Waals surface area contributed by atoms with E-state index >= 15 is 0 Å². The number of ether oxygens (including phenoxy) is 1. The molecule has 1 atom stereocenters. The van der Waals surface area contributed by atoms with Gasteiger partial charge in [0, 0.05) is 12.6 Å². The second-order valence-corrected chi connectivity index (χ2v) is 9.30. The van der Waals surface area contributed by atoms with Crippen LogP contribution < -0.4 is 14.4 Å². The highest BCUT2D eigenvalue weighted by atomic mass is 32.2. The van der Waals surface area contributed by atoms with E-state index in [1.807, 2.05) is 38.1 Å². The Morgan fingerprint density at radius 2 is 1.58 bits per heavy atom. The van der Waals surface area contributed by atoms with E-state index in [1.54, 1.807) is 54.6 Å². The van der Waals surface area contributed by atoms with E-state index in [9.17, 15) is 13.2 Å². The second kappa shape index (κ2) is 9.66. The van der Waals surface area contributed by atoms with Gasteiger partial charge < -0.3 is 10.1 Å². The van der Waals surface area contributed by atoms with Crippen LogP contribution in [0.5, 0.6) is 5.75 Å².